The van der Waals surface area contributed by atoms with E-state index >= 15 is 0 Å². The molecule has 2 bridgehead atoms. The van der Waals surface area contributed by atoms with Crippen molar-refractivity contribution in [2.75, 3.05) is 23.3 Å². The summed E-state index contributed by atoms with van der Waals surface area (Å²) in [7, 11) is 0. The van der Waals surface area contributed by atoms with Gasteiger partial charge in [0.2, 0.25) is 5.95 Å². The molecule has 3 unspecified atom stereocenters. The molecule has 2 fully saturated rings. The highest BCUT2D eigenvalue weighted by Gasteiger charge is 2.44. The molecule has 8 heteroatoms. The second kappa shape index (κ2) is 9.15. The average molecular weight is 450 g/mol. The van der Waals surface area contributed by atoms with Gasteiger partial charge in [0, 0.05) is 31.6 Å². The van der Waals surface area contributed by atoms with E-state index in [-0.39, 0.29) is 0 Å². The number of aryl methyl sites for hydroxylation is 2. The van der Waals surface area contributed by atoms with Crippen LogP contribution in [0.4, 0.5) is 12.0 Å². The van der Waals surface area contributed by atoms with Gasteiger partial charge in [-0.15, -0.1) is 5.10 Å². The van der Waals surface area contributed by atoms with Crippen LogP contribution in [0, 0.1) is 18.8 Å². The van der Waals surface area contributed by atoms with Crippen molar-refractivity contribution in [3.05, 3.63) is 47.1 Å². The Labute approximate surface area is 195 Å². The summed E-state index contributed by atoms with van der Waals surface area (Å²) >= 11 is 0. The molecular formula is C25H35N7O. The van der Waals surface area contributed by atoms with Crippen LogP contribution >= 0.6 is 0 Å². The maximum Gasteiger partial charge on any atom is 0.324 e. The van der Waals surface area contributed by atoms with Crippen molar-refractivity contribution in [3.8, 4) is 0 Å². The van der Waals surface area contributed by atoms with Crippen molar-refractivity contribution in [3.63, 3.8) is 0 Å². The largest absolute Gasteiger partial charge is 0.350 e. The molecule has 1 N–H and O–H groups in total. The Morgan fingerprint density at radius 3 is 2.58 bits per heavy atom. The standard InChI is InChI=1S/C25H35N7O/c1-5-18(9-6-8-16(2)3)21-10-7-13-32-23(21)28-24(29-32)27-22-19-11-12-20(22)15-31(14-19)25-26-17(4)30-33-25/h5-6,8-9,19-22H,7,10-15H2,1-4H3,(H,27,29)/b9-6-,18-5+/t19-,20?,21?,22?/m0/s1. The second-order valence-corrected chi connectivity index (χ2v) is 9.90. The molecular weight excluding hydrogens is 414 g/mol. The Morgan fingerprint density at radius 2 is 1.91 bits per heavy atom. The van der Waals surface area contributed by atoms with E-state index in [1.807, 2.05) is 6.92 Å². The lowest BCUT2D eigenvalue weighted by atomic mass is 9.90. The minimum atomic E-state index is 0.299. The smallest absolute Gasteiger partial charge is 0.324 e. The summed E-state index contributed by atoms with van der Waals surface area (Å²) in [5, 5.41) is 12.6. The molecule has 176 valence electrons. The number of fused-ring (bicyclic) bond motifs is 3. The number of nitrogens with zero attached hydrogens (tertiary/aromatic N) is 6. The van der Waals surface area contributed by atoms with Crippen LogP contribution in [-0.4, -0.2) is 44.0 Å². The Morgan fingerprint density at radius 1 is 1.12 bits per heavy atom. The molecule has 0 amide bonds. The average Bonchev–Trinajstić information content (AvgIpc) is 3.46. The summed E-state index contributed by atoms with van der Waals surface area (Å²) in [5.41, 5.74) is 2.62. The zero-order valence-corrected chi connectivity index (χ0v) is 20.2. The first-order valence-electron chi connectivity index (χ1n) is 12.3. The van der Waals surface area contributed by atoms with Crippen LogP contribution in [0.15, 0.2) is 40.0 Å². The third-order valence-electron chi connectivity index (χ3n) is 7.25. The molecule has 4 atom stereocenters. The molecule has 1 aliphatic carbocycles. The lowest BCUT2D eigenvalue weighted by molar-refractivity contribution is 0.340. The van der Waals surface area contributed by atoms with E-state index in [0.717, 1.165) is 44.2 Å². The van der Waals surface area contributed by atoms with Crippen molar-refractivity contribution in [2.24, 2.45) is 11.8 Å². The van der Waals surface area contributed by atoms with Gasteiger partial charge in [0.25, 0.3) is 0 Å². The van der Waals surface area contributed by atoms with Gasteiger partial charge in [-0.1, -0.05) is 35.0 Å². The van der Waals surface area contributed by atoms with Crippen molar-refractivity contribution >= 4 is 12.0 Å². The predicted octanol–water partition coefficient (Wildman–Crippen LogP) is 4.64. The Balaban J connectivity index is 1.30. The van der Waals surface area contributed by atoms with Crippen molar-refractivity contribution < 1.29 is 4.52 Å². The van der Waals surface area contributed by atoms with Crippen molar-refractivity contribution in [1.29, 1.82) is 0 Å². The SMILES string of the molecule is C/C=C(\C=C/C=C(C)C)C1CCCn2nc(NC3C4CC[C@H]3CN(c3nc(C)no3)C4)nc21. The topological polar surface area (TPSA) is 84.9 Å². The van der Waals surface area contributed by atoms with E-state index in [4.69, 9.17) is 14.6 Å². The fourth-order valence-corrected chi connectivity index (χ4v) is 5.67. The summed E-state index contributed by atoms with van der Waals surface area (Å²) in [5.74, 6) is 3.93. The molecule has 0 aromatic carbocycles. The van der Waals surface area contributed by atoms with Gasteiger partial charge in [-0.05, 0) is 70.8 Å². The summed E-state index contributed by atoms with van der Waals surface area (Å²) in [4.78, 5) is 11.7. The van der Waals surface area contributed by atoms with Gasteiger partial charge < -0.3 is 14.7 Å². The zero-order chi connectivity index (χ0) is 22.9. The molecule has 4 heterocycles. The normalized spacial score (nSPS) is 27.2. The summed E-state index contributed by atoms with van der Waals surface area (Å²) in [6.07, 6.45) is 13.4. The number of nitrogens with one attached hydrogen (secondary N) is 1. The van der Waals surface area contributed by atoms with E-state index in [1.165, 1.54) is 24.0 Å². The molecule has 1 saturated carbocycles. The first kappa shape index (κ1) is 21.9. The number of rotatable bonds is 6. The molecule has 33 heavy (non-hydrogen) atoms. The molecule has 0 spiro atoms. The first-order chi connectivity index (χ1) is 16.0. The molecule has 8 nitrogen and oxygen atoms in total. The lowest BCUT2D eigenvalue weighted by Crippen LogP contribution is -2.48. The predicted molar refractivity (Wildman–Crippen MR) is 129 cm³/mol. The highest BCUT2D eigenvalue weighted by molar-refractivity contribution is 5.37. The molecule has 3 aliphatic rings. The third-order valence-corrected chi connectivity index (χ3v) is 7.25. The number of aromatic nitrogens is 5. The zero-order valence-electron chi connectivity index (χ0n) is 20.2. The van der Waals surface area contributed by atoms with E-state index in [9.17, 15) is 0 Å². The highest BCUT2D eigenvalue weighted by atomic mass is 16.5. The molecule has 2 aliphatic heterocycles. The van der Waals surface area contributed by atoms with Crippen LogP contribution in [0.3, 0.4) is 0 Å². The minimum absolute atomic E-state index is 0.299. The third kappa shape index (κ3) is 4.48. The monoisotopic (exact) mass is 449 g/mol. The van der Waals surface area contributed by atoms with Crippen LogP contribution in [0.1, 0.15) is 64.0 Å². The van der Waals surface area contributed by atoms with Gasteiger partial charge in [0.15, 0.2) is 5.82 Å². The fraction of sp³-hybridized carbons (Fsp3) is 0.600. The molecule has 0 radical (unpaired) electrons. The van der Waals surface area contributed by atoms with E-state index in [1.54, 1.807) is 0 Å². The van der Waals surface area contributed by atoms with Gasteiger partial charge in [0.05, 0.1) is 0 Å². The Bertz CT molecular complexity index is 1060. The van der Waals surface area contributed by atoms with Crippen LogP contribution < -0.4 is 10.2 Å². The maximum atomic E-state index is 5.42. The van der Waals surface area contributed by atoms with Crippen molar-refractivity contribution in [1.82, 2.24) is 24.9 Å². The summed E-state index contributed by atoms with van der Waals surface area (Å²) in [6, 6.07) is 1.05. The van der Waals surface area contributed by atoms with Gasteiger partial charge in [-0.3, -0.25) is 0 Å². The lowest BCUT2D eigenvalue weighted by Gasteiger charge is -2.37. The number of anilines is 2. The van der Waals surface area contributed by atoms with Gasteiger partial charge in [0.1, 0.15) is 5.82 Å². The van der Waals surface area contributed by atoms with Crippen LogP contribution in [0.25, 0.3) is 0 Å². The molecule has 1 saturated heterocycles. The highest BCUT2D eigenvalue weighted by Crippen LogP contribution is 2.40. The molecule has 2 aromatic rings. The van der Waals surface area contributed by atoms with Crippen LogP contribution in [-0.2, 0) is 6.54 Å². The van der Waals surface area contributed by atoms with Crippen LogP contribution in [0.5, 0.6) is 0 Å². The van der Waals surface area contributed by atoms with Gasteiger partial charge in [-0.25, -0.2) is 4.68 Å². The summed E-state index contributed by atoms with van der Waals surface area (Å²) < 4.78 is 7.54. The number of piperidine rings is 1. The Kier molecular flexibility index (Phi) is 6.08. The quantitative estimate of drug-likeness (QED) is 0.643. The van der Waals surface area contributed by atoms with Crippen molar-refractivity contribution in [2.45, 2.75) is 71.9 Å². The Hall–Kier alpha value is -2.90. The maximum absolute atomic E-state index is 5.42. The van der Waals surface area contributed by atoms with Gasteiger partial charge >= 0.3 is 6.01 Å². The molecule has 2 aromatic heterocycles. The second-order valence-electron chi connectivity index (χ2n) is 9.90. The fourth-order valence-electron chi connectivity index (χ4n) is 5.67. The molecule has 5 rings (SSSR count). The van der Waals surface area contributed by atoms with E-state index < -0.39 is 0 Å². The number of hydrogen-bond acceptors (Lipinski definition) is 7. The van der Waals surface area contributed by atoms with E-state index in [0.29, 0.717) is 35.6 Å². The summed E-state index contributed by atoms with van der Waals surface area (Å²) in [6.45, 7) is 11.0. The number of allylic oxidation sites excluding steroid dienone is 6. The van der Waals surface area contributed by atoms with Gasteiger partial charge in [-0.2, -0.15) is 9.97 Å². The van der Waals surface area contributed by atoms with E-state index in [2.05, 4.69) is 70.1 Å². The minimum Gasteiger partial charge on any atom is -0.350 e. The first-order valence-corrected chi connectivity index (χ1v) is 12.3. The van der Waals surface area contributed by atoms with Crippen LogP contribution in [0.2, 0.25) is 0 Å². The number of hydrogen-bond donors (Lipinski definition) is 1.